The van der Waals surface area contributed by atoms with Crippen molar-refractivity contribution >= 4 is 6.09 Å². The monoisotopic (exact) mass is 488 g/mol. The van der Waals surface area contributed by atoms with Gasteiger partial charge in [-0.15, -0.1) is 0 Å². The Bertz CT molecular complexity index is 1160. The molecule has 3 N–H and O–H groups in total. The smallest absolute Gasteiger partial charge is 0.407 e. The van der Waals surface area contributed by atoms with Gasteiger partial charge in [0.25, 0.3) is 0 Å². The molecule has 0 bridgehead atoms. The average Bonchev–Trinajstić information content (AvgIpc) is 3.18. The molecule has 2 aromatic carbocycles. The molecule has 1 unspecified atom stereocenters. The third-order valence-electron chi connectivity index (χ3n) is 5.73. The van der Waals surface area contributed by atoms with Crippen LogP contribution in [0.25, 0.3) is 11.3 Å². The van der Waals surface area contributed by atoms with Crippen molar-refractivity contribution in [2.75, 3.05) is 13.2 Å². The van der Waals surface area contributed by atoms with Crippen LogP contribution in [-0.4, -0.2) is 44.9 Å². The van der Waals surface area contributed by atoms with Gasteiger partial charge in [0.05, 0.1) is 11.7 Å². The summed E-state index contributed by atoms with van der Waals surface area (Å²) in [5, 5.41) is 10.1. The fourth-order valence-corrected chi connectivity index (χ4v) is 4.11. The summed E-state index contributed by atoms with van der Waals surface area (Å²) in [7, 11) is 0. The van der Waals surface area contributed by atoms with Gasteiger partial charge in [0.2, 0.25) is 0 Å². The molecule has 0 spiro atoms. The van der Waals surface area contributed by atoms with Crippen molar-refractivity contribution in [3.8, 4) is 11.3 Å². The van der Waals surface area contributed by atoms with Crippen LogP contribution in [0.1, 0.15) is 44.6 Å². The van der Waals surface area contributed by atoms with Crippen molar-refractivity contribution in [3.05, 3.63) is 77.8 Å². The highest BCUT2D eigenvalue weighted by Gasteiger charge is 2.38. The summed E-state index contributed by atoms with van der Waals surface area (Å²) in [4.78, 5) is 18.3. The number of carbonyl (C=O) groups is 1. The Labute approximate surface area is 203 Å². The van der Waals surface area contributed by atoms with E-state index in [1.807, 2.05) is 20.8 Å². The Hall–Kier alpha value is -3.33. The van der Waals surface area contributed by atoms with Crippen LogP contribution in [0.15, 0.2) is 54.7 Å². The Balaban J connectivity index is 2.14. The lowest BCUT2D eigenvalue weighted by atomic mass is 9.84. The van der Waals surface area contributed by atoms with E-state index in [1.54, 1.807) is 35.0 Å². The Morgan fingerprint density at radius 2 is 1.80 bits per heavy atom. The molecular formula is C26H31F3N4O2. The summed E-state index contributed by atoms with van der Waals surface area (Å²) in [5.41, 5.74) is 6.74. The number of hydrogen-bond acceptors (Lipinski definition) is 3. The number of hydrogen-bond donors (Lipinski definition) is 2. The van der Waals surface area contributed by atoms with Crippen molar-refractivity contribution in [2.24, 2.45) is 11.1 Å². The third kappa shape index (κ3) is 6.63. The topological polar surface area (TPSA) is 84.4 Å². The predicted molar refractivity (Wildman–Crippen MR) is 129 cm³/mol. The molecule has 188 valence electrons. The maximum atomic E-state index is 13.9. The molecule has 0 fully saturated rings. The molecule has 1 heterocycles. The number of nitrogens with zero attached hydrogens (tertiary/aromatic N) is 3. The number of benzene rings is 2. The normalized spacial score (nSPS) is 13.5. The van der Waals surface area contributed by atoms with E-state index in [2.05, 4.69) is 0 Å². The van der Waals surface area contributed by atoms with Gasteiger partial charge < -0.3 is 15.4 Å². The molecule has 3 aromatic rings. The van der Waals surface area contributed by atoms with Crippen LogP contribution in [0.3, 0.4) is 0 Å². The highest BCUT2D eigenvalue weighted by Crippen LogP contribution is 2.39. The molecule has 3 rings (SSSR count). The van der Waals surface area contributed by atoms with Gasteiger partial charge in [0.1, 0.15) is 24.1 Å². The van der Waals surface area contributed by atoms with Crippen LogP contribution in [0, 0.1) is 17.0 Å². The van der Waals surface area contributed by atoms with Crippen LogP contribution in [0.4, 0.5) is 18.0 Å². The molecule has 0 radical (unpaired) electrons. The second-order valence-corrected chi connectivity index (χ2v) is 9.70. The van der Waals surface area contributed by atoms with E-state index >= 15 is 0 Å². The molecule has 9 heteroatoms. The fraction of sp³-hybridized carbons (Fsp3) is 0.385. The maximum absolute atomic E-state index is 13.9. The molecule has 0 aliphatic heterocycles. The standard InChI is InChI=1S/C26H31F3N4O2/c1-26(2,3)23(33(25(34)35)11-10-21(30)14-27)24-31-22(18-7-5-9-20(29)13-18)16-32(24)15-17-6-4-8-19(28)12-17/h4-9,12-13,16,21,23H,10-11,14-15,30H2,1-3H3,(H,34,35)/t21?,23-/m0/s1. The number of carboxylic acid groups (broad SMARTS) is 1. The number of amides is 1. The Morgan fingerprint density at radius 3 is 2.37 bits per heavy atom. The number of aromatic nitrogens is 2. The maximum Gasteiger partial charge on any atom is 0.407 e. The molecule has 1 amide bonds. The van der Waals surface area contributed by atoms with Gasteiger partial charge in [-0.3, -0.25) is 4.90 Å². The van der Waals surface area contributed by atoms with Crippen LogP contribution in [-0.2, 0) is 6.54 Å². The first kappa shape index (κ1) is 26.3. The van der Waals surface area contributed by atoms with Gasteiger partial charge >= 0.3 is 6.09 Å². The van der Waals surface area contributed by atoms with Gasteiger partial charge in [-0.05, 0) is 41.7 Å². The molecule has 0 saturated heterocycles. The zero-order valence-corrected chi connectivity index (χ0v) is 20.1. The SMILES string of the molecule is CC(C)(C)[C@H](c1nc(-c2cccc(F)c2)cn1Cc1cccc(F)c1)N(CCC(N)CF)C(=O)O. The van der Waals surface area contributed by atoms with Crippen molar-refractivity contribution < 1.29 is 23.1 Å². The van der Waals surface area contributed by atoms with Gasteiger partial charge in [-0.2, -0.15) is 0 Å². The molecule has 6 nitrogen and oxygen atoms in total. The van der Waals surface area contributed by atoms with Crippen LogP contribution < -0.4 is 5.73 Å². The zero-order chi connectivity index (χ0) is 25.8. The fourth-order valence-electron chi connectivity index (χ4n) is 4.11. The van der Waals surface area contributed by atoms with Gasteiger partial charge in [-0.25, -0.2) is 22.9 Å². The molecule has 2 atom stereocenters. The summed E-state index contributed by atoms with van der Waals surface area (Å²) in [6, 6.07) is 10.5. The number of nitrogens with two attached hydrogens (primary N) is 1. The largest absolute Gasteiger partial charge is 0.465 e. The molecule has 0 aliphatic carbocycles. The number of alkyl halides is 1. The Kier molecular flexibility index (Phi) is 8.22. The number of halogens is 3. The highest BCUT2D eigenvalue weighted by atomic mass is 19.1. The summed E-state index contributed by atoms with van der Waals surface area (Å²) < 4.78 is 42.6. The summed E-state index contributed by atoms with van der Waals surface area (Å²) >= 11 is 0. The first-order chi connectivity index (χ1) is 16.5. The van der Waals surface area contributed by atoms with E-state index in [0.717, 1.165) is 0 Å². The first-order valence-electron chi connectivity index (χ1n) is 11.4. The molecule has 0 saturated carbocycles. The van der Waals surface area contributed by atoms with Gasteiger partial charge in [0, 0.05) is 30.9 Å². The Morgan fingerprint density at radius 1 is 1.14 bits per heavy atom. The quantitative estimate of drug-likeness (QED) is 0.409. The van der Waals surface area contributed by atoms with Crippen molar-refractivity contribution in [1.82, 2.24) is 14.5 Å². The number of imidazole rings is 1. The molecular weight excluding hydrogens is 457 g/mol. The predicted octanol–water partition coefficient (Wildman–Crippen LogP) is 5.63. The first-order valence-corrected chi connectivity index (χ1v) is 11.4. The minimum Gasteiger partial charge on any atom is -0.465 e. The lowest BCUT2D eigenvalue weighted by Gasteiger charge is -2.38. The minimum absolute atomic E-state index is 0.00444. The van der Waals surface area contributed by atoms with Gasteiger partial charge in [0.15, 0.2) is 0 Å². The second kappa shape index (κ2) is 10.9. The van der Waals surface area contributed by atoms with E-state index in [0.29, 0.717) is 22.6 Å². The van der Waals surface area contributed by atoms with Gasteiger partial charge in [-0.1, -0.05) is 45.0 Å². The number of rotatable bonds is 9. The lowest BCUT2D eigenvalue weighted by molar-refractivity contribution is 0.0734. The summed E-state index contributed by atoms with van der Waals surface area (Å²) in [5.74, 6) is -0.407. The van der Waals surface area contributed by atoms with E-state index in [-0.39, 0.29) is 19.5 Å². The van der Waals surface area contributed by atoms with E-state index < -0.39 is 41.9 Å². The van der Waals surface area contributed by atoms with Crippen LogP contribution in [0.5, 0.6) is 0 Å². The van der Waals surface area contributed by atoms with Crippen molar-refractivity contribution in [2.45, 2.75) is 45.8 Å². The minimum atomic E-state index is -1.19. The van der Waals surface area contributed by atoms with Crippen molar-refractivity contribution in [3.63, 3.8) is 0 Å². The molecule has 0 aliphatic rings. The second-order valence-electron chi connectivity index (χ2n) is 9.70. The van der Waals surface area contributed by atoms with Crippen molar-refractivity contribution in [1.29, 1.82) is 0 Å². The highest BCUT2D eigenvalue weighted by molar-refractivity contribution is 5.66. The van der Waals surface area contributed by atoms with Crippen LogP contribution >= 0.6 is 0 Å². The average molecular weight is 489 g/mol. The van der Waals surface area contributed by atoms with Crippen LogP contribution in [0.2, 0.25) is 0 Å². The van der Waals surface area contributed by atoms with E-state index in [4.69, 9.17) is 10.7 Å². The molecule has 35 heavy (non-hydrogen) atoms. The zero-order valence-electron chi connectivity index (χ0n) is 20.1. The third-order valence-corrected chi connectivity index (χ3v) is 5.73. The summed E-state index contributed by atoms with van der Waals surface area (Å²) in [6.07, 6.45) is 0.654. The molecule has 1 aromatic heterocycles. The lowest BCUT2D eigenvalue weighted by Crippen LogP contribution is -2.44. The summed E-state index contributed by atoms with van der Waals surface area (Å²) in [6.45, 7) is 5.11. The van der Waals surface area contributed by atoms with E-state index in [1.165, 1.54) is 29.2 Å². The van der Waals surface area contributed by atoms with E-state index in [9.17, 15) is 23.1 Å².